The second kappa shape index (κ2) is 16.1. The van der Waals surface area contributed by atoms with E-state index in [0.717, 1.165) is 84.9 Å². The molecule has 332 valence electrons. The van der Waals surface area contributed by atoms with Crippen LogP contribution in [0.25, 0.3) is 10.2 Å². The van der Waals surface area contributed by atoms with Crippen LogP contribution in [0, 0.1) is 23.2 Å². The van der Waals surface area contributed by atoms with Gasteiger partial charge >= 0.3 is 6.18 Å². The van der Waals surface area contributed by atoms with Gasteiger partial charge in [0, 0.05) is 55.5 Å². The van der Waals surface area contributed by atoms with Crippen molar-refractivity contribution in [3.63, 3.8) is 0 Å². The highest BCUT2D eigenvalue weighted by Crippen LogP contribution is 2.55. The molecule has 5 aliphatic rings. The van der Waals surface area contributed by atoms with Crippen LogP contribution < -0.4 is 16.0 Å². The molecule has 0 bridgehead atoms. The van der Waals surface area contributed by atoms with Gasteiger partial charge in [0.2, 0.25) is 11.8 Å². The highest BCUT2D eigenvalue weighted by atomic mass is 32.1. The van der Waals surface area contributed by atoms with E-state index in [4.69, 9.17) is 4.98 Å². The van der Waals surface area contributed by atoms with Crippen molar-refractivity contribution in [2.24, 2.45) is 23.2 Å². The maximum Gasteiger partial charge on any atom is 0.433 e. The Morgan fingerprint density at radius 3 is 2.40 bits per heavy atom. The molecule has 1 unspecified atom stereocenters. The van der Waals surface area contributed by atoms with Crippen LogP contribution in [0.4, 0.5) is 24.5 Å². The number of amides is 5. The summed E-state index contributed by atoms with van der Waals surface area (Å²) in [6.45, 7) is 9.33. The summed E-state index contributed by atoms with van der Waals surface area (Å²) in [4.78, 5) is 76.1. The van der Waals surface area contributed by atoms with Crippen molar-refractivity contribution in [1.82, 2.24) is 25.1 Å². The van der Waals surface area contributed by atoms with Gasteiger partial charge in [-0.1, -0.05) is 19.1 Å². The molecule has 4 aromatic rings. The van der Waals surface area contributed by atoms with Gasteiger partial charge < -0.3 is 20.6 Å². The molecule has 13 nitrogen and oxygen atoms in total. The van der Waals surface area contributed by atoms with E-state index in [-0.39, 0.29) is 29.7 Å². The molecular weight excluding hydrogens is 836 g/mol. The SMILES string of the molecule is C[C@H](CNc1cccc2c1C(=O)N(C1CCC(=O)NC1=O)C2=O)C1CC2(C1)CN(C[C@H]1CC[C@H](c3nc4cc(C(C)(C)O)c(NC(=O)c5cccc(C(F)(F)F)n5)cc4s3)CC1)C2. The van der Waals surface area contributed by atoms with E-state index in [9.17, 15) is 42.3 Å². The summed E-state index contributed by atoms with van der Waals surface area (Å²) in [5, 5.41) is 20.4. The lowest BCUT2D eigenvalue weighted by molar-refractivity contribution is -0.141. The third kappa shape index (κ3) is 8.34. The molecule has 5 heterocycles. The largest absolute Gasteiger partial charge is 0.433 e. The Labute approximate surface area is 366 Å². The zero-order chi connectivity index (χ0) is 44.6. The van der Waals surface area contributed by atoms with Crippen molar-refractivity contribution in [3.8, 4) is 0 Å². The molecular formula is C46H50F3N7O6S. The molecule has 2 aromatic carbocycles. The Bertz CT molecular complexity index is 2510. The number of hydrogen-bond acceptors (Lipinski definition) is 11. The molecule has 17 heteroatoms. The summed E-state index contributed by atoms with van der Waals surface area (Å²) >= 11 is 1.55. The number of aliphatic hydroxyl groups is 1. The molecule has 3 aliphatic heterocycles. The number of piperidine rings is 1. The van der Waals surface area contributed by atoms with E-state index >= 15 is 0 Å². The number of rotatable bonds is 11. The molecule has 2 aliphatic carbocycles. The Morgan fingerprint density at radius 2 is 1.70 bits per heavy atom. The number of alkyl halides is 3. The number of nitrogens with zero attached hydrogens (tertiary/aromatic N) is 4. The Morgan fingerprint density at radius 1 is 0.968 bits per heavy atom. The third-order valence-electron chi connectivity index (χ3n) is 13.8. The predicted octanol–water partition coefficient (Wildman–Crippen LogP) is 7.33. The average Bonchev–Trinajstić information content (AvgIpc) is 3.74. The fourth-order valence-electron chi connectivity index (χ4n) is 10.5. The van der Waals surface area contributed by atoms with E-state index in [2.05, 4.69) is 32.8 Å². The van der Waals surface area contributed by atoms with Crippen LogP contribution in [-0.4, -0.2) is 86.6 Å². The van der Waals surface area contributed by atoms with Gasteiger partial charge in [-0.3, -0.25) is 34.2 Å². The summed E-state index contributed by atoms with van der Waals surface area (Å²) in [5.41, 5.74) is -0.0122. The van der Waals surface area contributed by atoms with Crippen LogP contribution >= 0.6 is 11.3 Å². The minimum atomic E-state index is -4.69. The Kier molecular flexibility index (Phi) is 11.0. The van der Waals surface area contributed by atoms with Crippen LogP contribution in [0.1, 0.15) is 126 Å². The second-order valence-corrected chi connectivity index (χ2v) is 20.0. The number of fused-ring (bicyclic) bond motifs is 2. The van der Waals surface area contributed by atoms with Crippen LogP contribution in [0.3, 0.4) is 0 Å². The van der Waals surface area contributed by atoms with Crippen molar-refractivity contribution in [2.75, 3.05) is 36.8 Å². The van der Waals surface area contributed by atoms with Gasteiger partial charge in [-0.25, -0.2) is 9.97 Å². The number of benzene rings is 2. The maximum atomic E-state index is 13.5. The van der Waals surface area contributed by atoms with E-state index in [0.29, 0.717) is 58.1 Å². The smallest absolute Gasteiger partial charge is 0.386 e. The molecule has 2 atom stereocenters. The maximum absolute atomic E-state index is 13.5. The van der Waals surface area contributed by atoms with Gasteiger partial charge in [-0.2, -0.15) is 13.2 Å². The normalized spacial score (nSPS) is 23.3. The van der Waals surface area contributed by atoms with Crippen LogP contribution in [0.2, 0.25) is 0 Å². The highest BCUT2D eigenvalue weighted by Gasteiger charge is 2.53. The molecule has 0 radical (unpaired) electrons. The van der Waals surface area contributed by atoms with Crippen molar-refractivity contribution < 1.29 is 42.3 Å². The predicted molar refractivity (Wildman–Crippen MR) is 229 cm³/mol. The number of nitrogens with one attached hydrogen (secondary N) is 3. The number of pyridine rings is 1. The average molecular weight is 886 g/mol. The number of aromatic nitrogens is 2. The zero-order valence-corrected chi connectivity index (χ0v) is 36.1. The van der Waals surface area contributed by atoms with Gasteiger partial charge in [-0.15, -0.1) is 11.3 Å². The molecule has 4 fully saturated rings. The summed E-state index contributed by atoms with van der Waals surface area (Å²) in [6, 6.07) is 10.8. The molecule has 1 spiro atoms. The number of imide groups is 2. The quantitative estimate of drug-likeness (QED) is 0.112. The van der Waals surface area contributed by atoms with E-state index in [1.165, 1.54) is 6.07 Å². The van der Waals surface area contributed by atoms with Crippen molar-refractivity contribution in [2.45, 2.75) is 95.9 Å². The lowest BCUT2D eigenvalue weighted by Gasteiger charge is -2.61. The fraction of sp³-hybridized carbons (Fsp3) is 0.500. The number of carbonyl (C=O) groups excluding carboxylic acids is 5. The zero-order valence-electron chi connectivity index (χ0n) is 35.3. The molecule has 2 aromatic heterocycles. The van der Waals surface area contributed by atoms with Crippen LogP contribution in [0.5, 0.6) is 0 Å². The van der Waals surface area contributed by atoms with Crippen molar-refractivity contribution in [1.29, 1.82) is 0 Å². The van der Waals surface area contributed by atoms with Gasteiger partial charge in [0.05, 0.1) is 32.0 Å². The van der Waals surface area contributed by atoms with Crippen LogP contribution in [-0.2, 0) is 21.4 Å². The van der Waals surface area contributed by atoms with Crippen molar-refractivity contribution in [3.05, 3.63) is 81.6 Å². The molecule has 2 saturated carbocycles. The first-order valence-corrected chi connectivity index (χ1v) is 22.5. The molecule has 2 saturated heterocycles. The molecule has 4 N–H and O–H groups in total. The van der Waals surface area contributed by atoms with Gasteiger partial charge in [0.15, 0.2) is 0 Å². The second-order valence-electron chi connectivity index (χ2n) is 18.9. The third-order valence-corrected chi connectivity index (χ3v) is 15.0. The number of thiazole rings is 1. The standard InChI is InChI=1S/C46H50F3N7O6S/c1-24(20-50-30-7-4-6-28-38(30)43(61)56(42(28)60)34-14-15-37(57)54-40(34)59)27-18-45(19-27)22-55(23-45)21-25-10-12-26(13-11-25)41-53-33-16-29(44(2,3)62)32(17-35(33)63-41)52-39(58)31-8-5-9-36(51-31)46(47,48)49/h4-9,16-17,24-27,34,50,62H,10-15,18-23H2,1-3H3,(H,52,58)(H,54,57,59)/t24-,25-,26-,34?/m1/s1. The topological polar surface area (TPSA) is 174 Å². The number of carbonyl (C=O) groups is 5. The minimum absolute atomic E-state index is 0.0735. The first kappa shape index (κ1) is 43.0. The molecule has 63 heavy (non-hydrogen) atoms. The van der Waals surface area contributed by atoms with Crippen LogP contribution in [0.15, 0.2) is 48.5 Å². The molecule has 9 rings (SSSR count). The van der Waals surface area contributed by atoms with Gasteiger partial charge in [-0.05, 0) is 118 Å². The van der Waals surface area contributed by atoms with Crippen molar-refractivity contribution >= 4 is 62.5 Å². The highest BCUT2D eigenvalue weighted by molar-refractivity contribution is 7.18. The van der Waals surface area contributed by atoms with E-state index in [1.807, 2.05) is 0 Å². The minimum Gasteiger partial charge on any atom is -0.386 e. The summed E-state index contributed by atoms with van der Waals surface area (Å²) in [6.07, 6.45) is 2.03. The monoisotopic (exact) mass is 885 g/mol. The van der Waals surface area contributed by atoms with E-state index in [1.54, 1.807) is 55.5 Å². The Balaban J connectivity index is 0.745. The first-order chi connectivity index (χ1) is 29.9. The summed E-state index contributed by atoms with van der Waals surface area (Å²) in [7, 11) is 0. The number of halogens is 3. The fourth-order valence-corrected chi connectivity index (χ4v) is 11.6. The number of hydrogen-bond donors (Lipinski definition) is 4. The van der Waals surface area contributed by atoms with Gasteiger partial charge in [0.25, 0.3) is 17.7 Å². The number of anilines is 2. The number of likely N-dealkylation sites (tertiary alicyclic amines) is 1. The van der Waals surface area contributed by atoms with E-state index < -0.39 is 53.0 Å². The summed E-state index contributed by atoms with van der Waals surface area (Å²) in [5.74, 6) is -1.06. The summed E-state index contributed by atoms with van der Waals surface area (Å²) < 4.78 is 40.6. The molecule has 5 amide bonds. The van der Waals surface area contributed by atoms with Gasteiger partial charge in [0.1, 0.15) is 17.4 Å². The Hall–Kier alpha value is -5.26. The lowest BCUT2D eigenvalue weighted by Crippen LogP contribution is -2.63. The first-order valence-electron chi connectivity index (χ1n) is 21.7. The lowest BCUT2D eigenvalue weighted by atomic mass is 9.54.